The normalized spacial score (nSPS) is 11.4. The summed E-state index contributed by atoms with van der Waals surface area (Å²) in [7, 11) is -7.80. The minimum absolute atomic E-state index is 0. The fourth-order valence-electron chi connectivity index (χ4n) is 8.11. The van der Waals surface area contributed by atoms with Gasteiger partial charge >= 0.3 is 449 Å². The third-order valence-corrected chi connectivity index (χ3v) is 28.0. The molecule has 0 aromatic heterocycles. The summed E-state index contributed by atoms with van der Waals surface area (Å²) in [6.45, 7) is -2.10. The molecule has 77 heavy (non-hydrogen) atoms. The monoisotopic (exact) mass is 1290 g/mol. The number of hydrogen-bond acceptors (Lipinski definition) is 2. The Labute approximate surface area is 549 Å². The number of halogens is 13. The van der Waals surface area contributed by atoms with Crippen LogP contribution in [-0.4, -0.2) is 28.8 Å². The summed E-state index contributed by atoms with van der Waals surface area (Å²) >= 11 is 4.46. The van der Waals surface area contributed by atoms with Gasteiger partial charge < -0.3 is 30.2 Å². The van der Waals surface area contributed by atoms with E-state index >= 15 is 13.2 Å². The molecule has 0 heterocycles. The summed E-state index contributed by atoms with van der Waals surface area (Å²) in [5.74, 6) is -3.85. The molecule has 0 amide bonds. The van der Waals surface area contributed by atoms with Crippen molar-refractivity contribution >= 4 is 92.7 Å². The molecule has 22 heteroatoms. The molecule has 0 atom stereocenters. The molecule has 0 saturated carbocycles. The van der Waals surface area contributed by atoms with E-state index in [9.17, 15) is 34.7 Å². The molecule has 8 aromatic carbocycles. The molecule has 8 aromatic rings. The summed E-state index contributed by atoms with van der Waals surface area (Å²) in [6.07, 6.45) is 0. The van der Waals surface area contributed by atoms with Crippen LogP contribution in [0.5, 0.6) is 0 Å². The van der Waals surface area contributed by atoms with Gasteiger partial charge in [-0.2, -0.15) is 0 Å². The van der Waals surface area contributed by atoms with E-state index < -0.39 is 47.4 Å². The predicted octanol–water partition coefficient (Wildman–Crippen LogP) is 5.61. The van der Waals surface area contributed by atoms with Gasteiger partial charge in [0.15, 0.2) is 14.8 Å². The number of nitrogens with zero attached hydrogens (tertiary/aromatic N) is 2. The molecule has 2 nitrogen and oxygen atoms in total. The second-order valence-electron chi connectivity index (χ2n) is 16.5. The standard InChI is InChI=1S/C25H20F3P.C24H20BrP.C4H9NSi.CBF2N.CF3.BF3.BrH.2K/c26-25(27,28)29(21-13-5-1-6-14-21,22-15-7-2-8-16-22,23-17-9-3-10-18-23)24-19-11-4-12-20-24;25-26(21-13-5-1-6-14-21,22-15-7-2-8-16-22,23-17-9-3-10-18-23)24-19-11-4-12-20-24;1-6(2,3)4-5;3-2(4)1-5;2*2-1(3)4;;;/h1-20H;1-20H;1-3H3;;;;1H;;/q;;;;-1;;;2*+1/p-1. The number of nitriles is 2. The third kappa shape index (κ3) is 18.5. The van der Waals surface area contributed by atoms with Gasteiger partial charge in [0, 0.05) is 5.69 Å². The molecule has 0 aliphatic heterocycles. The maximum Gasteiger partial charge on any atom is 1.00 e. The van der Waals surface area contributed by atoms with Gasteiger partial charge in [-0.05, 0) is 0 Å². The van der Waals surface area contributed by atoms with Crippen molar-refractivity contribution in [2.75, 3.05) is 0 Å². The van der Waals surface area contributed by atoms with Gasteiger partial charge in [-0.1, -0.05) is 19.6 Å². The Balaban J connectivity index is 0.00000110. The third-order valence-electron chi connectivity index (χ3n) is 11.0. The van der Waals surface area contributed by atoms with E-state index in [0.717, 1.165) is 0 Å². The van der Waals surface area contributed by atoms with Crippen LogP contribution in [0.2, 0.25) is 19.6 Å². The van der Waals surface area contributed by atoms with E-state index in [2.05, 4.69) is 143 Å². The minimum atomic E-state index is -5.08. The summed E-state index contributed by atoms with van der Waals surface area (Å²) in [5.41, 5.74) is 2.24. The summed E-state index contributed by atoms with van der Waals surface area (Å²) in [4.78, 5) is 0. The maximum atomic E-state index is 15.8. The van der Waals surface area contributed by atoms with E-state index in [1.54, 1.807) is 121 Å². The molecule has 392 valence electrons. The zero-order valence-corrected chi connectivity index (χ0v) is 54.7. The van der Waals surface area contributed by atoms with Crippen molar-refractivity contribution in [2.45, 2.75) is 25.6 Å². The topological polar surface area (TPSA) is 47.6 Å². The molecular weight excluding hydrogens is 1250 g/mol. The first-order valence-electron chi connectivity index (χ1n) is 22.2. The first-order chi connectivity index (χ1) is 35.1. The Hall–Kier alpha value is -2.59. The van der Waals surface area contributed by atoms with Crippen molar-refractivity contribution in [1.82, 2.24) is 0 Å². The number of alkyl halides is 3. The van der Waals surface area contributed by atoms with Crippen LogP contribution in [0.15, 0.2) is 243 Å². The molecule has 0 spiro atoms. The number of hydrogen-bond donors (Lipinski definition) is 0. The molecule has 0 bridgehead atoms. The molecule has 8 rings (SSSR count). The molecular formula is C55H49B2Br2F11K2N2P2Si. The van der Waals surface area contributed by atoms with Crippen molar-refractivity contribution in [1.29, 1.82) is 10.5 Å². The molecule has 0 radical (unpaired) electrons. The first-order valence-corrected chi connectivity index (χ1v) is 32.2. The quantitative estimate of drug-likeness (QED) is 0.0862. The fraction of sp³-hybridized carbons (Fsp3) is 0.0727. The smallest absolute Gasteiger partial charge is 1.00 e. The van der Waals surface area contributed by atoms with Crippen LogP contribution in [0.1, 0.15) is 0 Å². The van der Waals surface area contributed by atoms with Crippen molar-refractivity contribution in [3.63, 3.8) is 0 Å². The average molecular weight is 1300 g/mol. The van der Waals surface area contributed by atoms with Crippen molar-refractivity contribution in [3.8, 4) is 11.7 Å². The second kappa shape index (κ2) is 35.3. The van der Waals surface area contributed by atoms with Crippen molar-refractivity contribution < 1.29 is 168 Å². The van der Waals surface area contributed by atoms with Gasteiger partial charge in [0.25, 0.3) is 0 Å². The Morgan fingerprint density at radius 1 is 0.416 bits per heavy atom. The molecule has 0 fully saturated rings. The zero-order chi connectivity index (χ0) is 54.9. The summed E-state index contributed by atoms with van der Waals surface area (Å²) in [5, 5.41) is 18.7. The largest absolute Gasteiger partial charge is 1.00 e. The first kappa shape index (κ1) is 74.4. The zero-order valence-electron chi connectivity index (χ0n) is 42.5. The van der Waals surface area contributed by atoms with Crippen molar-refractivity contribution in [3.05, 3.63) is 249 Å². The van der Waals surface area contributed by atoms with E-state index in [1.807, 2.05) is 19.6 Å². The van der Waals surface area contributed by atoms with Crippen LogP contribution in [0.25, 0.3) is 0 Å². The van der Waals surface area contributed by atoms with E-state index in [-0.39, 0.29) is 141 Å². The average Bonchev–Trinajstić information content (AvgIpc) is 3.41. The van der Waals surface area contributed by atoms with Crippen LogP contribution in [0, 0.1) is 28.9 Å². The van der Waals surface area contributed by atoms with Gasteiger partial charge in [-0.15, -0.1) is 0 Å². The van der Waals surface area contributed by atoms with Gasteiger partial charge in [0.05, 0.1) is 5.97 Å². The van der Waals surface area contributed by atoms with Crippen LogP contribution < -0.4 is 162 Å². The molecule has 0 saturated heterocycles. The molecule has 0 aliphatic rings. The molecule has 0 N–H and O–H groups in total. The maximum absolute atomic E-state index is 15.8. The van der Waals surface area contributed by atoms with Gasteiger partial charge in [-0.25, -0.2) is 10.5 Å². The predicted molar refractivity (Wildman–Crippen MR) is 296 cm³/mol. The Kier molecular flexibility index (Phi) is 34.1. The summed E-state index contributed by atoms with van der Waals surface area (Å²) in [6, 6.07) is 76.9. The number of benzene rings is 8. The summed E-state index contributed by atoms with van der Waals surface area (Å²) < 4.78 is 126. The van der Waals surface area contributed by atoms with E-state index in [0.29, 0.717) is 5.97 Å². The van der Waals surface area contributed by atoms with Gasteiger partial charge in [-0.3, -0.25) is 21.6 Å². The Bertz CT molecular complexity index is 2600. The van der Waals surface area contributed by atoms with Crippen LogP contribution in [0.3, 0.4) is 0 Å². The molecule has 0 aliphatic carbocycles. The van der Waals surface area contributed by atoms with E-state index in [1.165, 1.54) is 21.2 Å². The van der Waals surface area contributed by atoms with Gasteiger partial charge in [0.1, 0.15) is 0 Å². The molecule has 0 unspecified atom stereocenters. The Morgan fingerprint density at radius 3 is 0.649 bits per heavy atom. The Morgan fingerprint density at radius 2 is 0.545 bits per heavy atom. The van der Waals surface area contributed by atoms with Crippen LogP contribution >= 0.6 is 27.4 Å². The SMILES string of the molecule is BrP(c1ccccc1)(c1ccccc1)(c1ccccc1)c1ccccc1.C[Si](C)(C)C#N.FB(F)F.FC(F)(F)P(c1ccccc1)(c1ccccc1)(c1ccccc1)c1ccccc1.F[C-](F)F.N#CB(F)F.[Br-].[K+].[K+]. The minimum Gasteiger partial charge on any atom is -1.00 e. The second-order valence-corrected chi connectivity index (χ2v) is 34.4. The van der Waals surface area contributed by atoms with Crippen LogP contribution in [-0.2, 0) is 0 Å². The van der Waals surface area contributed by atoms with Gasteiger partial charge in [0.2, 0.25) is 0 Å². The number of rotatable bonds is 8. The fourth-order valence-corrected chi connectivity index (χ4v) is 21.7. The van der Waals surface area contributed by atoms with Crippen LogP contribution in [0.4, 0.5) is 47.9 Å². The van der Waals surface area contributed by atoms with Crippen molar-refractivity contribution in [2.24, 2.45) is 0 Å². The van der Waals surface area contributed by atoms with E-state index in [4.69, 9.17) is 10.5 Å².